The third-order valence-corrected chi connectivity index (χ3v) is 3.86. The molecule has 1 aromatic heterocycles. The van der Waals surface area contributed by atoms with E-state index >= 15 is 0 Å². The third kappa shape index (κ3) is 2.54. The number of rotatable bonds is 3. The van der Waals surface area contributed by atoms with Crippen molar-refractivity contribution in [3.05, 3.63) is 53.9 Å². The number of aryl methyl sites for hydroxylation is 1. The molecule has 0 saturated carbocycles. The molecule has 3 nitrogen and oxygen atoms in total. The standard InChI is InChI=1S/C15H18FN3/c1-18-9-7-17-15(18)11-19-8-3-6-14(19)12-4-2-5-13(16)10-12/h2,4-5,7,9-10,14H,3,6,8,11H2,1H3/t14-/m1/s1. The van der Waals surface area contributed by atoms with Gasteiger partial charge in [0.25, 0.3) is 0 Å². The second-order valence-electron chi connectivity index (χ2n) is 5.14. The van der Waals surface area contributed by atoms with Crippen molar-refractivity contribution in [1.82, 2.24) is 14.5 Å². The second kappa shape index (κ2) is 5.13. The molecule has 0 bridgehead atoms. The van der Waals surface area contributed by atoms with E-state index in [4.69, 9.17) is 0 Å². The normalized spacial score (nSPS) is 20.0. The molecule has 1 aliphatic rings. The fourth-order valence-electron chi connectivity index (χ4n) is 2.84. The van der Waals surface area contributed by atoms with Gasteiger partial charge in [0.05, 0.1) is 6.54 Å². The summed E-state index contributed by atoms with van der Waals surface area (Å²) in [6.45, 7) is 1.87. The van der Waals surface area contributed by atoms with Crippen LogP contribution in [0.3, 0.4) is 0 Å². The first-order valence-electron chi connectivity index (χ1n) is 6.70. The fraction of sp³-hybridized carbons (Fsp3) is 0.400. The van der Waals surface area contributed by atoms with Gasteiger partial charge in [-0.2, -0.15) is 0 Å². The van der Waals surface area contributed by atoms with Gasteiger partial charge in [-0.25, -0.2) is 9.37 Å². The Morgan fingerprint density at radius 3 is 3.05 bits per heavy atom. The number of likely N-dealkylation sites (tertiary alicyclic amines) is 1. The minimum atomic E-state index is -0.152. The van der Waals surface area contributed by atoms with E-state index in [0.717, 1.165) is 37.3 Å². The molecule has 19 heavy (non-hydrogen) atoms. The summed E-state index contributed by atoms with van der Waals surface area (Å²) in [5.74, 6) is 0.907. The van der Waals surface area contributed by atoms with Gasteiger partial charge in [-0.15, -0.1) is 0 Å². The van der Waals surface area contributed by atoms with Gasteiger partial charge >= 0.3 is 0 Å². The molecule has 0 radical (unpaired) electrons. The molecular formula is C15H18FN3. The van der Waals surface area contributed by atoms with E-state index in [1.165, 1.54) is 6.07 Å². The predicted molar refractivity (Wildman–Crippen MR) is 72.0 cm³/mol. The van der Waals surface area contributed by atoms with Crippen molar-refractivity contribution in [1.29, 1.82) is 0 Å². The van der Waals surface area contributed by atoms with Crippen LogP contribution in [0, 0.1) is 5.82 Å². The van der Waals surface area contributed by atoms with Crippen LogP contribution in [-0.4, -0.2) is 21.0 Å². The average molecular weight is 259 g/mol. The van der Waals surface area contributed by atoms with Crippen molar-refractivity contribution in [3.63, 3.8) is 0 Å². The van der Waals surface area contributed by atoms with Gasteiger partial charge in [-0.05, 0) is 37.1 Å². The highest BCUT2D eigenvalue weighted by Gasteiger charge is 2.26. The van der Waals surface area contributed by atoms with Crippen LogP contribution in [0.5, 0.6) is 0 Å². The van der Waals surface area contributed by atoms with Crippen LogP contribution in [0.1, 0.15) is 30.3 Å². The van der Waals surface area contributed by atoms with Crippen LogP contribution in [0.4, 0.5) is 4.39 Å². The van der Waals surface area contributed by atoms with Crippen molar-refractivity contribution < 1.29 is 4.39 Å². The molecule has 0 amide bonds. The summed E-state index contributed by atoms with van der Waals surface area (Å²) in [5, 5.41) is 0. The zero-order valence-electron chi connectivity index (χ0n) is 11.1. The third-order valence-electron chi connectivity index (χ3n) is 3.86. The van der Waals surface area contributed by atoms with Gasteiger partial charge in [0.2, 0.25) is 0 Å². The number of aromatic nitrogens is 2. The van der Waals surface area contributed by atoms with Crippen molar-refractivity contribution in [2.24, 2.45) is 7.05 Å². The summed E-state index contributed by atoms with van der Waals surface area (Å²) in [5.41, 5.74) is 1.08. The van der Waals surface area contributed by atoms with E-state index in [1.54, 1.807) is 12.1 Å². The fourth-order valence-corrected chi connectivity index (χ4v) is 2.84. The molecule has 0 N–H and O–H groups in total. The first-order chi connectivity index (χ1) is 9.24. The Bertz CT molecular complexity index is 564. The first-order valence-corrected chi connectivity index (χ1v) is 6.70. The monoisotopic (exact) mass is 259 g/mol. The highest BCUT2D eigenvalue weighted by molar-refractivity contribution is 5.21. The van der Waals surface area contributed by atoms with E-state index in [1.807, 2.05) is 30.1 Å². The lowest BCUT2D eigenvalue weighted by Gasteiger charge is -2.24. The summed E-state index contributed by atoms with van der Waals surface area (Å²) < 4.78 is 15.4. The van der Waals surface area contributed by atoms with E-state index in [0.29, 0.717) is 6.04 Å². The highest BCUT2D eigenvalue weighted by atomic mass is 19.1. The van der Waals surface area contributed by atoms with Crippen LogP contribution in [0.25, 0.3) is 0 Å². The zero-order valence-corrected chi connectivity index (χ0v) is 11.1. The van der Waals surface area contributed by atoms with E-state index < -0.39 is 0 Å². The number of halogens is 1. The van der Waals surface area contributed by atoms with Crippen LogP contribution < -0.4 is 0 Å². The van der Waals surface area contributed by atoms with Crippen LogP contribution in [0.15, 0.2) is 36.7 Å². The summed E-state index contributed by atoms with van der Waals surface area (Å²) in [4.78, 5) is 6.76. The molecular weight excluding hydrogens is 241 g/mol. The molecule has 100 valence electrons. The summed E-state index contributed by atoms with van der Waals surface area (Å²) in [6, 6.07) is 7.28. The number of imidazole rings is 1. The number of benzene rings is 1. The van der Waals surface area contributed by atoms with Gasteiger partial charge in [-0.3, -0.25) is 4.90 Å². The minimum Gasteiger partial charge on any atom is -0.337 e. The Labute approximate surface area is 112 Å². The van der Waals surface area contributed by atoms with Gasteiger partial charge in [0.1, 0.15) is 11.6 Å². The molecule has 1 atom stereocenters. The Morgan fingerprint density at radius 2 is 2.32 bits per heavy atom. The van der Waals surface area contributed by atoms with E-state index in [2.05, 4.69) is 9.88 Å². The molecule has 1 aliphatic heterocycles. The molecule has 0 unspecified atom stereocenters. The van der Waals surface area contributed by atoms with Crippen molar-refractivity contribution in [2.45, 2.75) is 25.4 Å². The van der Waals surface area contributed by atoms with Crippen molar-refractivity contribution in [2.75, 3.05) is 6.54 Å². The molecule has 1 fully saturated rings. The first kappa shape index (κ1) is 12.4. The lowest BCUT2D eigenvalue weighted by Crippen LogP contribution is -2.24. The lowest BCUT2D eigenvalue weighted by atomic mass is 10.0. The van der Waals surface area contributed by atoms with Gasteiger partial charge < -0.3 is 4.57 Å². The van der Waals surface area contributed by atoms with Crippen LogP contribution >= 0.6 is 0 Å². The Kier molecular flexibility index (Phi) is 3.34. The Hall–Kier alpha value is -1.68. The smallest absolute Gasteiger partial charge is 0.123 e. The maximum Gasteiger partial charge on any atom is 0.123 e. The number of hydrogen-bond donors (Lipinski definition) is 0. The Balaban J connectivity index is 1.80. The molecule has 0 aliphatic carbocycles. The topological polar surface area (TPSA) is 21.1 Å². The quantitative estimate of drug-likeness (QED) is 0.845. The SMILES string of the molecule is Cn1ccnc1CN1CCC[C@@H]1c1cccc(F)c1. The van der Waals surface area contributed by atoms with Crippen LogP contribution in [0.2, 0.25) is 0 Å². The molecule has 3 rings (SSSR count). The van der Waals surface area contributed by atoms with Crippen LogP contribution in [-0.2, 0) is 13.6 Å². The highest BCUT2D eigenvalue weighted by Crippen LogP contribution is 2.33. The second-order valence-corrected chi connectivity index (χ2v) is 5.14. The van der Waals surface area contributed by atoms with Gasteiger partial charge in [-0.1, -0.05) is 12.1 Å². The molecule has 1 aromatic carbocycles. The van der Waals surface area contributed by atoms with Gasteiger partial charge in [0, 0.05) is 25.5 Å². The average Bonchev–Trinajstić information content (AvgIpc) is 3.00. The number of nitrogens with zero attached hydrogens (tertiary/aromatic N) is 3. The van der Waals surface area contributed by atoms with Crippen molar-refractivity contribution in [3.8, 4) is 0 Å². The molecule has 4 heteroatoms. The zero-order chi connectivity index (χ0) is 13.2. The van der Waals surface area contributed by atoms with E-state index in [-0.39, 0.29) is 5.82 Å². The maximum atomic E-state index is 13.4. The minimum absolute atomic E-state index is 0.152. The maximum absolute atomic E-state index is 13.4. The summed E-state index contributed by atoms with van der Waals surface area (Å²) >= 11 is 0. The molecule has 2 aromatic rings. The lowest BCUT2D eigenvalue weighted by molar-refractivity contribution is 0.239. The molecule has 0 spiro atoms. The number of hydrogen-bond acceptors (Lipinski definition) is 2. The molecule has 2 heterocycles. The van der Waals surface area contributed by atoms with Gasteiger partial charge in [0.15, 0.2) is 0 Å². The van der Waals surface area contributed by atoms with Crippen molar-refractivity contribution >= 4 is 0 Å². The summed E-state index contributed by atoms with van der Waals surface area (Å²) in [6.07, 6.45) is 6.03. The molecule has 1 saturated heterocycles. The Morgan fingerprint density at radius 1 is 1.42 bits per heavy atom. The predicted octanol–water partition coefficient (Wildman–Crippen LogP) is 2.90. The summed E-state index contributed by atoms with van der Waals surface area (Å²) in [7, 11) is 2.01. The van der Waals surface area contributed by atoms with E-state index in [9.17, 15) is 4.39 Å². The largest absolute Gasteiger partial charge is 0.337 e.